The molecular formula is C16H19NO. The zero-order valence-electron chi connectivity index (χ0n) is 10.6. The number of hydrogen-bond donors (Lipinski definition) is 1. The Morgan fingerprint density at radius 3 is 2.33 bits per heavy atom. The van der Waals surface area contributed by atoms with Gasteiger partial charge in [0, 0.05) is 23.6 Å². The molecule has 2 aliphatic rings. The number of piperidine rings is 1. The Balaban J connectivity index is 1.73. The Kier molecular flexibility index (Phi) is 3.04. The van der Waals surface area contributed by atoms with Crippen LogP contribution in [0.3, 0.4) is 0 Å². The summed E-state index contributed by atoms with van der Waals surface area (Å²) in [7, 11) is 0. The lowest BCUT2D eigenvalue weighted by Crippen LogP contribution is -2.40. The minimum Gasteiger partial charge on any atom is -0.311 e. The maximum Gasteiger partial charge on any atom is 0.166 e. The van der Waals surface area contributed by atoms with Crippen LogP contribution < -0.4 is 5.32 Å². The van der Waals surface area contributed by atoms with E-state index in [1.807, 2.05) is 30.3 Å². The molecule has 3 rings (SSSR count). The van der Waals surface area contributed by atoms with Gasteiger partial charge in [0.15, 0.2) is 5.78 Å². The topological polar surface area (TPSA) is 29.1 Å². The number of Topliss-reactive ketones (excluding diaryl/α,β-unsaturated/α-hetero) is 1. The van der Waals surface area contributed by atoms with Crippen LogP contribution in [0.4, 0.5) is 0 Å². The van der Waals surface area contributed by atoms with Gasteiger partial charge < -0.3 is 5.32 Å². The van der Waals surface area contributed by atoms with Crippen LogP contribution >= 0.6 is 0 Å². The number of rotatable bonds is 3. The summed E-state index contributed by atoms with van der Waals surface area (Å²) in [6.45, 7) is 4.00. The van der Waals surface area contributed by atoms with Crippen LogP contribution in [0.2, 0.25) is 0 Å². The van der Waals surface area contributed by atoms with Crippen molar-refractivity contribution in [3.63, 3.8) is 0 Å². The Labute approximate surface area is 108 Å². The first kappa shape index (κ1) is 11.7. The maximum absolute atomic E-state index is 12.5. The van der Waals surface area contributed by atoms with E-state index in [9.17, 15) is 4.79 Å². The lowest BCUT2D eigenvalue weighted by molar-refractivity contribution is -0.118. The molecule has 2 aliphatic heterocycles. The quantitative estimate of drug-likeness (QED) is 0.824. The van der Waals surface area contributed by atoms with Crippen LogP contribution in [0.15, 0.2) is 36.9 Å². The molecule has 0 aliphatic carbocycles. The van der Waals surface area contributed by atoms with Gasteiger partial charge in [-0.25, -0.2) is 0 Å². The highest BCUT2D eigenvalue weighted by Gasteiger charge is 2.37. The molecule has 2 saturated heterocycles. The van der Waals surface area contributed by atoms with E-state index in [0.29, 0.717) is 17.7 Å². The number of carbonyl (C=O) groups excluding carboxylic acids is 1. The predicted molar refractivity (Wildman–Crippen MR) is 73.2 cm³/mol. The first-order chi connectivity index (χ1) is 8.74. The van der Waals surface area contributed by atoms with E-state index in [2.05, 4.69) is 11.9 Å². The average Bonchev–Trinajstić information content (AvgIpc) is 2.77. The molecule has 2 heteroatoms. The molecule has 0 amide bonds. The molecule has 0 saturated carbocycles. The molecule has 2 atom stereocenters. The second-order valence-electron chi connectivity index (χ2n) is 5.52. The van der Waals surface area contributed by atoms with Crippen molar-refractivity contribution in [2.24, 2.45) is 5.92 Å². The number of allylic oxidation sites excluding steroid dienone is 1. The van der Waals surface area contributed by atoms with E-state index in [4.69, 9.17) is 0 Å². The van der Waals surface area contributed by atoms with Crippen LogP contribution in [0, 0.1) is 5.92 Å². The maximum atomic E-state index is 12.5. The Morgan fingerprint density at radius 2 is 1.72 bits per heavy atom. The third kappa shape index (κ3) is 2.13. The minimum absolute atomic E-state index is 0.177. The number of benzene rings is 1. The van der Waals surface area contributed by atoms with Gasteiger partial charge >= 0.3 is 0 Å². The normalized spacial score (nSPS) is 30.1. The summed E-state index contributed by atoms with van der Waals surface area (Å²) in [5.41, 5.74) is 1.65. The van der Waals surface area contributed by atoms with E-state index in [1.165, 1.54) is 12.8 Å². The molecule has 2 unspecified atom stereocenters. The largest absolute Gasteiger partial charge is 0.311 e. The molecule has 0 radical (unpaired) electrons. The van der Waals surface area contributed by atoms with E-state index >= 15 is 0 Å². The Morgan fingerprint density at radius 1 is 1.11 bits per heavy atom. The number of ketones is 1. The second-order valence-corrected chi connectivity index (χ2v) is 5.52. The van der Waals surface area contributed by atoms with E-state index in [0.717, 1.165) is 18.4 Å². The summed E-state index contributed by atoms with van der Waals surface area (Å²) in [6.07, 6.45) is 4.43. The van der Waals surface area contributed by atoms with Crippen LogP contribution in [0.1, 0.15) is 31.2 Å². The van der Waals surface area contributed by atoms with Gasteiger partial charge in [-0.3, -0.25) is 4.79 Å². The SMILES string of the molecule is C=C(C(=O)C1CC2CCC(C1)N2)c1ccccc1. The third-order valence-corrected chi connectivity index (χ3v) is 4.26. The van der Waals surface area contributed by atoms with Gasteiger partial charge in [-0.2, -0.15) is 0 Å². The second kappa shape index (κ2) is 4.69. The van der Waals surface area contributed by atoms with Crippen molar-refractivity contribution in [1.29, 1.82) is 0 Å². The summed E-state index contributed by atoms with van der Waals surface area (Å²) in [6, 6.07) is 10.9. The molecule has 2 heterocycles. The summed E-state index contributed by atoms with van der Waals surface area (Å²) in [5, 5.41) is 3.57. The van der Waals surface area contributed by atoms with Crippen molar-refractivity contribution in [3.05, 3.63) is 42.5 Å². The lowest BCUT2D eigenvalue weighted by Gasteiger charge is -2.28. The first-order valence-corrected chi connectivity index (χ1v) is 6.78. The van der Waals surface area contributed by atoms with Crippen molar-refractivity contribution in [1.82, 2.24) is 5.32 Å². The van der Waals surface area contributed by atoms with Gasteiger partial charge in [0.1, 0.15) is 0 Å². The van der Waals surface area contributed by atoms with Crippen LogP contribution in [-0.2, 0) is 4.79 Å². The highest BCUT2D eigenvalue weighted by atomic mass is 16.1. The zero-order chi connectivity index (χ0) is 12.5. The summed E-state index contributed by atoms with van der Waals surface area (Å²) in [4.78, 5) is 12.5. The molecule has 2 bridgehead atoms. The monoisotopic (exact) mass is 241 g/mol. The zero-order valence-corrected chi connectivity index (χ0v) is 10.6. The molecule has 0 aromatic heterocycles. The highest BCUT2D eigenvalue weighted by Crippen LogP contribution is 2.33. The van der Waals surface area contributed by atoms with Gasteiger partial charge in [-0.15, -0.1) is 0 Å². The predicted octanol–water partition coefficient (Wildman–Crippen LogP) is 2.80. The smallest absolute Gasteiger partial charge is 0.166 e. The van der Waals surface area contributed by atoms with Crippen molar-refractivity contribution >= 4 is 11.4 Å². The van der Waals surface area contributed by atoms with E-state index < -0.39 is 0 Å². The molecule has 2 nitrogen and oxygen atoms in total. The first-order valence-electron chi connectivity index (χ1n) is 6.78. The van der Waals surface area contributed by atoms with E-state index in [-0.39, 0.29) is 11.7 Å². The van der Waals surface area contributed by atoms with Crippen molar-refractivity contribution in [2.75, 3.05) is 0 Å². The molecule has 0 spiro atoms. The number of hydrogen-bond acceptors (Lipinski definition) is 2. The van der Waals surface area contributed by atoms with Crippen molar-refractivity contribution < 1.29 is 4.79 Å². The number of nitrogens with one attached hydrogen (secondary N) is 1. The van der Waals surface area contributed by atoms with Gasteiger partial charge in [0.2, 0.25) is 0 Å². The molecule has 1 aromatic rings. The van der Waals surface area contributed by atoms with E-state index in [1.54, 1.807) is 0 Å². The summed E-state index contributed by atoms with van der Waals surface area (Å²) < 4.78 is 0. The van der Waals surface area contributed by atoms with Crippen LogP contribution in [0.5, 0.6) is 0 Å². The minimum atomic E-state index is 0.177. The third-order valence-electron chi connectivity index (χ3n) is 4.26. The number of carbonyl (C=O) groups is 1. The average molecular weight is 241 g/mol. The van der Waals surface area contributed by atoms with Gasteiger partial charge in [-0.1, -0.05) is 36.9 Å². The summed E-state index contributed by atoms with van der Waals surface area (Å²) in [5.74, 6) is 0.427. The Bertz CT molecular complexity index is 453. The van der Waals surface area contributed by atoms with Gasteiger partial charge in [-0.05, 0) is 31.2 Å². The van der Waals surface area contributed by atoms with Gasteiger partial charge in [0.25, 0.3) is 0 Å². The lowest BCUT2D eigenvalue weighted by atomic mass is 9.84. The molecule has 1 aromatic carbocycles. The van der Waals surface area contributed by atoms with Crippen molar-refractivity contribution in [2.45, 2.75) is 37.8 Å². The fourth-order valence-electron chi connectivity index (χ4n) is 3.30. The van der Waals surface area contributed by atoms with Gasteiger partial charge in [0.05, 0.1) is 0 Å². The standard InChI is InChI=1S/C16H19NO/c1-11(12-5-3-2-4-6-12)16(18)13-9-14-7-8-15(10-13)17-14/h2-6,13-15,17H,1,7-10H2. The fourth-order valence-corrected chi connectivity index (χ4v) is 3.30. The fraction of sp³-hybridized carbons (Fsp3) is 0.438. The molecule has 1 N–H and O–H groups in total. The van der Waals surface area contributed by atoms with Crippen molar-refractivity contribution in [3.8, 4) is 0 Å². The molecule has 94 valence electrons. The molecule has 2 fully saturated rings. The molecular weight excluding hydrogens is 222 g/mol. The molecule has 18 heavy (non-hydrogen) atoms. The van der Waals surface area contributed by atoms with Crippen LogP contribution in [-0.4, -0.2) is 17.9 Å². The van der Waals surface area contributed by atoms with Crippen LogP contribution in [0.25, 0.3) is 5.57 Å². The highest BCUT2D eigenvalue weighted by molar-refractivity contribution is 6.21. The number of fused-ring (bicyclic) bond motifs is 2. The summed E-state index contributed by atoms with van der Waals surface area (Å²) >= 11 is 0. The Hall–Kier alpha value is -1.41.